The van der Waals surface area contributed by atoms with Gasteiger partial charge in [-0.2, -0.15) is 4.80 Å². The number of aromatic nitrogens is 4. The zero-order valence-corrected chi connectivity index (χ0v) is 14.5. The van der Waals surface area contributed by atoms with E-state index in [-0.39, 0.29) is 6.54 Å². The molecule has 0 aliphatic carbocycles. The Balaban J connectivity index is 1.72. The average Bonchev–Trinajstić information content (AvgIpc) is 3.09. The molecule has 4 rings (SSSR count). The summed E-state index contributed by atoms with van der Waals surface area (Å²) in [6.07, 6.45) is 0. The lowest BCUT2D eigenvalue weighted by atomic mass is 10.1. The Hall–Kier alpha value is -3.19. The summed E-state index contributed by atoms with van der Waals surface area (Å²) in [5, 5.41) is 13.8. The molecule has 0 unspecified atom stereocenters. The second-order valence-corrected chi connectivity index (χ2v) is 5.98. The Morgan fingerprint density at radius 2 is 2.04 bits per heavy atom. The van der Waals surface area contributed by atoms with Crippen LogP contribution in [0.1, 0.15) is 5.56 Å². The molecule has 0 atom stereocenters. The summed E-state index contributed by atoms with van der Waals surface area (Å²) in [7, 11) is 1.55. The first kappa shape index (κ1) is 16.3. The maximum Gasteiger partial charge on any atom is 0.336 e. The lowest BCUT2D eigenvalue weighted by Crippen LogP contribution is -2.08. The average molecular weight is 369 g/mol. The van der Waals surface area contributed by atoms with Crippen LogP contribution < -0.4 is 10.4 Å². The Kier molecular flexibility index (Phi) is 4.14. The molecular weight excluding hydrogens is 356 g/mol. The lowest BCUT2D eigenvalue weighted by Gasteiger charge is -2.06. The van der Waals surface area contributed by atoms with Crippen LogP contribution in [-0.4, -0.2) is 27.3 Å². The summed E-state index contributed by atoms with van der Waals surface area (Å²) in [5.74, 6) is 1.03. The van der Waals surface area contributed by atoms with Crippen LogP contribution in [0, 0.1) is 0 Å². The molecule has 0 aliphatic rings. The Morgan fingerprint density at radius 3 is 2.85 bits per heavy atom. The molecule has 0 radical (unpaired) electrons. The predicted octanol–water partition coefficient (Wildman–Crippen LogP) is 3.16. The van der Waals surface area contributed by atoms with Crippen LogP contribution >= 0.6 is 11.6 Å². The van der Waals surface area contributed by atoms with Gasteiger partial charge in [0.25, 0.3) is 0 Å². The third-order valence-corrected chi connectivity index (χ3v) is 4.25. The van der Waals surface area contributed by atoms with Gasteiger partial charge in [-0.25, -0.2) is 4.79 Å². The molecule has 0 bridgehead atoms. The summed E-state index contributed by atoms with van der Waals surface area (Å²) in [6, 6.07) is 14.0. The molecule has 0 saturated carbocycles. The topological polar surface area (TPSA) is 83.0 Å². The van der Waals surface area contributed by atoms with E-state index in [0.717, 1.165) is 10.9 Å². The number of nitrogens with zero attached hydrogens (tertiary/aromatic N) is 4. The monoisotopic (exact) mass is 368 g/mol. The number of benzene rings is 2. The summed E-state index contributed by atoms with van der Waals surface area (Å²) in [5.41, 5.74) is 1.41. The molecule has 26 heavy (non-hydrogen) atoms. The van der Waals surface area contributed by atoms with Gasteiger partial charge in [0, 0.05) is 23.1 Å². The summed E-state index contributed by atoms with van der Waals surface area (Å²) in [4.78, 5) is 13.3. The second-order valence-electron chi connectivity index (χ2n) is 5.58. The highest BCUT2D eigenvalue weighted by molar-refractivity contribution is 6.33. The van der Waals surface area contributed by atoms with Crippen molar-refractivity contribution in [2.75, 3.05) is 7.11 Å². The molecule has 0 spiro atoms. The van der Waals surface area contributed by atoms with E-state index < -0.39 is 5.63 Å². The number of rotatable bonds is 4. The van der Waals surface area contributed by atoms with Gasteiger partial charge in [0.05, 0.1) is 18.7 Å². The number of ether oxygens (including phenoxy) is 1. The first-order chi connectivity index (χ1) is 12.6. The molecule has 8 heteroatoms. The number of methoxy groups -OCH3 is 1. The van der Waals surface area contributed by atoms with Gasteiger partial charge in [0.15, 0.2) is 0 Å². The van der Waals surface area contributed by atoms with Gasteiger partial charge in [-0.05, 0) is 35.0 Å². The third kappa shape index (κ3) is 3.04. The van der Waals surface area contributed by atoms with Crippen molar-refractivity contribution in [3.63, 3.8) is 0 Å². The molecular formula is C18H13ClN4O3. The van der Waals surface area contributed by atoms with Crippen molar-refractivity contribution in [3.05, 3.63) is 69.5 Å². The number of hydrogen-bond donors (Lipinski definition) is 0. The zero-order chi connectivity index (χ0) is 18.1. The maximum absolute atomic E-state index is 11.9. The van der Waals surface area contributed by atoms with Gasteiger partial charge in [-0.15, -0.1) is 10.2 Å². The van der Waals surface area contributed by atoms with E-state index in [1.54, 1.807) is 25.3 Å². The van der Waals surface area contributed by atoms with Crippen molar-refractivity contribution in [3.8, 4) is 17.1 Å². The van der Waals surface area contributed by atoms with E-state index >= 15 is 0 Å². The first-order valence-corrected chi connectivity index (χ1v) is 8.15. The van der Waals surface area contributed by atoms with Crippen LogP contribution in [0.15, 0.2) is 57.7 Å². The van der Waals surface area contributed by atoms with Crippen molar-refractivity contribution >= 4 is 22.6 Å². The summed E-state index contributed by atoms with van der Waals surface area (Å²) >= 11 is 6.17. The lowest BCUT2D eigenvalue weighted by molar-refractivity contribution is 0.414. The van der Waals surface area contributed by atoms with E-state index in [9.17, 15) is 4.79 Å². The SMILES string of the molecule is COc1ccc2c(Cn3nnc(-c4ccccc4Cl)n3)cc(=O)oc2c1. The fourth-order valence-electron chi connectivity index (χ4n) is 2.68. The highest BCUT2D eigenvalue weighted by Gasteiger charge is 2.12. The quantitative estimate of drug-likeness (QED) is 0.514. The highest BCUT2D eigenvalue weighted by Crippen LogP contribution is 2.25. The Labute approximate surface area is 152 Å². The van der Waals surface area contributed by atoms with Gasteiger partial charge in [0.2, 0.25) is 5.82 Å². The van der Waals surface area contributed by atoms with Crippen molar-refractivity contribution in [1.29, 1.82) is 0 Å². The maximum atomic E-state index is 11.9. The molecule has 2 aromatic heterocycles. The van der Waals surface area contributed by atoms with Crippen LogP contribution in [0.3, 0.4) is 0 Å². The number of hydrogen-bond acceptors (Lipinski definition) is 6. The first-order valence-electron chi connectivity index (χ1n) is 7.77. The Bertz CT molecular complexity index is 1150. The van der Waals surface area contributed by atoms with Crippen molar-refractivity contribution in [2.45, 2.75) is 6.54 Å². The molecule has 2 heterocycles. The molecule has 0 aliphatic heterocycles. The van der Waals surface area contributed by atoms with Crippen LogP contribution in [0.2, 0.25) is 5.02 Å². The van der Waals surface area contributed by atoms with E-state index in [2.05, 4.69) is 15.4 Å². The summed E-state index contributed by atoms with van der Waals surface area (Å²) < 4.78 is 10.4. The van der Waals surface area contributed by atoms with Crippen molar-refractivity contribution < 1.29 is 9.15 Å². The molecule has 130 valence electrons. The van der Waals surface area contributed by atoms with Crippen LogP contribution in [0.5, 0.6) is 5.75 Å². The molecule has 0 fully saturated rings. The minimum atomic E-state index is -0.452. The molecule has 0 saturated heterocycles. The fourth-order valence-corrected chi connectivity index (χ4v) is 2.90. The standard InChI is InChI=1S/C18H13ClN4O3/c1-25-12-6-7-13-11(8-17(24)26-16(13)9-12)10-23-21-18(20-22-23)14-4-2-3-5-15(14)19/h2-9H,10H2,1H3. The van der Waals surface area contributed by atoms with Crippen LogP contribution in [0.4, 0.5) is 0 Å². The van der Waals surface area contributed by atoms with Gasteiger partial charge >= 0.3 is 5.63 Å². The van der Waals surface area contributed by atoms with Crippen molar-refractivity contribution in [2.24, 2.45) is 0 Å². The number of tetrazole rings is 1. The summed E-state index contributed by atoms with van der Waals surface area (Å²) in [6.45, 7) is 0.270. The van der Waals surface area contributed by atoms with E-state index in [1.165, 1.54) is 10.9 Å². The van der Waals surface area contributed by atoms with Gasteiger partial charge < -0.3 is 9.15 Å². The van der Waals surface area contributed by atoms with Crippen LogP contribution in [-0.2, 0) is 6.54 Å². The van der Waals surface area contributed by atoms with Gasteiger partial charge in [-0.1, -0.05) is 23.7 Å². The molecule has 2 aromatic carbocycles. The van der Waals surface area contributed by atoms with Gasteiger partial charge in [-0.3, -0.25) is 0 Å². The second kappa shape index (κ2) is 6.61. The molecule has 0 N–H and O–H groups in total. The molecule has 7 nitrogen and oxygen atoms in total. The molecule has 4 aromatic rings. The van der Waals surface area contributed by atoms with E-state index in [1.807, 2.05) is 24.3 Å². The molecule has 0 amide bonds. The fraction of sp³-hybridized carbons (Fsp3) is 0.111. The zero-order valence-electron chi connectivity index (χ0n) is 13.7. The minimum Gasteiger partial charge on any atom is -0.497 e. The van der Waals surface area contributed by atoms with Crippen molar-refractivity contribution in [1.82, 2.24) is 20.2 Å². The van der Waals surface area contributed by atoms with Crippen LogP contribution in [0.25, 0.3) is 22.4 Å². The smallest absolute Gasteiger partial charge is 0.336 e. The predicted molar refractivity (Wildman–Crippen MR) is 96.4 cm³/mol. The minimum absolute atomic E-state index is 0.270. The third-order valence-electron chi connectivity index (χ3n) is 3.92. The van der Waals surface area contributed by atoms with Gasteiger partial charge in [0.1, 0.15) is 11.3 Å². The van der Waals surface area contributed by atoms with E-state index in [4.69, 9.17) is 20.8 Å². The number of halogens is 1. The number of fused-ring (bicyclic) bond motifs is 1. The largest absolute Gasteiger partial charge is 0.497 e. The highest BCUT2D eigenvalue weighted by atomic mass is 35.5. The van der Waals surface area contributed by atoms with E-state index in [0.29, 0.717) is 27.7 Å². The normalized spacial score (nSPS) is 11.0. The Morgan fingerprint density at radius 1 is 1.19 bits per heavy atom.